The van der Waals surface area contributed by atoms with Crippen LogP contribution in [-0.2, 0) is 11.0 Å². The summed E-state index contributed by atoms with van der Waals surface area (Å²) >= 11 is 0. The van der Waals surface area contributed by atoms with Gasteiger partial charge in [-0.15, -0.1) is 10.2 Å². The van der Waals surface area contributed by atoms with Crippen molar-refractivity contribution < 1.29 is 9.53 Å². The van der Waals surface area contributed by atoms with Crippen molar-refractivity contribution in [3.63, 3.8) is 0 Å². The van der Waals surface area contributed by atoms with E-state index in [4.69, 9.17) is 4.74 Å². The molecule has 2 amide bonds. The zero-order valence-electron chi connectivity index (χ0n) is 24.5. The molecule has 0 saturated carbocycles. The molecule has 0 radical (unpaired) electrons. The molecule has 1 unspecified atom stereocenters. The monoisotopic (exact) mass is 553 g/mol. The summed E-state index contributed by atoms with van der Waals surface area (Å²) in [6.07, 6.45) is 7.34. The van der Waals surface area contributed by atoms with Gasteiger partial charge >= 0.3 is 6.03 Å². The van der Waals surface area contributed by atoms with Crippen LogP contribution in [0.3, 0.4) is 0 Å². The number of fused-ring (bicyclic) bond motifs is 2. The molecule has 6 rings (SSSR count). The molecule has 2 aliphatic rings. The highest BCUT2D eigenvalue weighted by Gasteiger charge is 2.39. The Hall–Kier alpha value is -3.98. The van der Waals surface area contributed by atoms with Crippen LogP contribution in [0, 0.1) is 0 Å². The summed E-state index contributed by atoms with van der Waals surface area (Å²) < 4.78 is 8.68. The third-order valence-electron chi connectivity index (χ3n) is 8.74. The number of aromatic nitrogens is 4. The summed E-state index contributed by atoms with van der Waals surface area (Å²) in [5.74, 6) is 2.26. The second-order valence-corrected chi connectivity index (χ2v) is 12.6. The number of benzene rings is 1. The standard InChI is InChI=1S/C32H39N7O2/c1-31(2,3)21-15-17-33-27(19-21)35-30(40)34-25-12-13-26(24-10-7-6-9-23(24)25)41-22-11-14-28-36-37-29(39(28)20-22)32(4)16-8-18-38(32)5/h6-7,9-11,14-15,17,19-20,25-26H,8,12-13,16,18H2,1-5H3,(H2,33,34,35,40)/t25-,26+,32?/m0/s1. The van der Waals surface area contributed by atoms with Gasteiger partial charge in [0.2, 0.25) is 0 Å². The fourth-order valence-corrected chi connectivity index (χ4v) is 6.15. The third kappa shape index (κ3) is 5.26. The van der Waals surface area contributed by atoms with Gasteiger partial charge in [-0.1, -0.05) is 45.0 Å². The number of nitrogens with one attached hydrogen (secondary N) is 2. The van der Waals surface area contributed by atoms with Gasteiger partial charge in [0.05, 0.1) is 17.8 Å². The van der Waals surface area contributed by atoms with Crippen LogP contribution in [0.4, 0.5) is 10.6 Å². The Morgan fingerprint density at radius 1 is 1.07 bits per heavy atom. The average Bonchev–Trinajstić information content (AvgIpc) is 3.52. The molecule has 4 heterocycles. The van der Waals surface area contributed by atoms with Gasteiger partial charge in [-0.25, -0.2) is 9.78 Å². The Balaban J connectivity index is 1.19. The molecule has 1 aromatic carbocycles. The Labute approximate surface area is 241 Å². The van der Waals surface area contributed by atoms with Gasteiger partial charge in [0.1, 0.15) is 17.7 Å². The minimum Gasteiger partial charge on any atom is -0.484 e. The quantitative estimate of drug-likeness (QED) is 0.308. The molecular formula is C32H39N7O2. The number of pyridine rings is 2. The van der Waals surface area contributed by atoms with Crippen LogP contribution in [0.15, 0.2) is 60.9 Å². The molecule has 1 aliphatic heterocycles. The van der Waals surface area contributed by atoms with Crippen LogP contribution in [0.1, 0.15) is 88.0 Å². The van der Waals surface area contributed by atoms with Gasteiger partial charge < -0.3 is 10.1 Å². The van der Waals surface area contributed by atoms with Gasteiger partial charge in [0.25, 0.3) is 0 Å². The molecule has 9 heteroatoms. The largest absolute Gasteiger partial charge is 0.484 e. The van der Waals surface area contributed by atoms with Crippen molar-refractivity contribution in [3.8, 4) is 5.75 Å². The van der Waals surface area contributed by atoms with Gasteiger partial charge in [-0.2, -0.15) is 0 Å². The SMILES string of the molecule is CN1CCCC1(C)c1nnc2ccc(O[C@@H]3CC[C@H](NC(=O)Nc4cc(C(C)(C)C)ccn4)c4ccccc43)cn12. The predicted octanol–water partition coefficient (Wildman–Crippen LogP) is 6.14. The smallest absolute Gasteiger partial charge is 0.320 e. The van der Waals surface area contributed by atoms with E-state index in [1.54, 1.807) is 6.20 Å². The lowest BCUT2D eigenvalue weighted by molar-refractivity contribution is 0.170. The molecule has 3 atom stereocenters. The predicted molar refractivity (Wildman–Crippen MR) is 159 cm³/mol. The van der Waals surface area contributed by atoms with Crippen LogP contribution in [0.5, 0.6) is 5.75 Å². The summed E-state index contributed by atoms with van der Waals surface area (Å²) in [4.78, 5) is 19.7. The van der Waals surface area contributed by atoms with Crippen molar-refractivity contribution >= 4 is 17.5 Å². The molecule has 4 aromatic rings. The molecule has 9 nitrogen and oxygen atoms in total. The topological polar surface area (TPSA) is 96.7 Å². The molecule has 0 bridgehead atoms. The van der Waals surface area contributed by atoms with Crippen LogP contribution >= 0.6 is 0 Å². The third-order valence-corrected chi connectivity index (χ3v) is 8.74. The average molecular weight is 554 g/mol. The molecule has 1 saturated heterocycles. The van der Waals surface area contributed by atoms with E-state index in [0.717, 1.165) is 66.1 Å². The second kappa shape index (κ2) is 10.4. The number of nitrogens with zero attached hydrogens (tertiary/aromatic N) is 5. The van der Waals surface area contributed by atoms with E-state index >= 15 is 0 Å². The van der Waals surface area contributed by atoms with E-state index in [1.807, 2.05) is 42.6 Å². The lowest BCUT2D eigenvalue weighted by atomic mass is 9.85. The summed E-state index contributed by atoms with van der Waals surface area (Å²) in [6, 6.07) is 15.7. The van der Waals surface area contributed by atoms with Crippen LogP contribution in [0.2, 0.25) is 0 Å². The maximum atomic E-state index is 13.0. The molecule has 3 aromatic heterocycles. The molecule has 0 spiro atoms. The van der Waals surface area contributed by atoms with Crippen molar-refractivity contribution in [3.05, 3.63) is 83.4 Å². The molecule has 1 fully saturated rings. The number of hydrogen-bond donors (Lipinski definition) is 2. The number of carbonyl (C=O) groups is 1. The Kier molecular flexibility index (Phi) is 6.93. The maximum Gasteiger partial charge on any atom is 0.320 e. The van der Waals surface area contributed by atoms with E-state index in [9.17, 15) is 4.79 Å². The lowest BCUT2D eigenvalue weighted by Gasteiger charge is -2.32. The summed E-state index contributed by atoms with van der Waals surface area (Å²) in [5.41, 5.74) is 3.91. The summed E-state index contributed by atoms with van der Waals surface area (Å²) in [7, 11) is 2.15. The fraction of sp³-hybridized carbons (Fsp3) is 0.438. The van der Waals surface area contributed by atoms with E-state index in [-0.39, 0.29) is 29.1 Å². The Morgan fingerprint density at radius 2 is 1.88 bits per heavy atom. The van der Waals surface area contributed by atoms with Gasteiger partial charge in [-0.3, -0.25) is 14.6 Å². The number of amides is 2. The molecular weight excluding hydrogens is 514 g/mol. The first-order valence-corrected chi connectivity index (χ1v) is 14.5. The van der Waals surface area contributed by atoms with Crippen molar-refractivity contribution in [2.24, 2.45) is 0 Å². The number of likely N-dealkylation sites (tertiary alicyclic amines) is 1. The zero-order chi connectivity index (χ0) is 28.8. The number of urea groups is 1. The highest BCUT2D eigenvalue weighted by atomic mass is 16.5. The van der Waals surface area contributed by atoms with Gasteiger partial charge in [0, 0.05) is 6.20 Å². The number of carbonyl (C=O) groups excluding carboxylic acids is 1. The maximum absolute atomic E-state index is 13.0. The minimum absolute atomic E-state index is 0.0293. The first kappa shape index (κ1) is 27.2. The molecule has 41 heavy (non-hydrogen) atoms. The van der Waals surface area contributed by atoms with Gasteiger partial charge in [-0.05, 0) is 92.6 Å². The van der Waals surface area contributed by atoms with E-state index in [2.05, 4.69) is 82.0 Å². The highest BCUT2D eigenvalue weighted by molar-refractivity contribution is 5.88. The summed E-state index contributed by atoms with van der Waals surface area (Å²) in [6.45, 7) is 9.71. The van der Waals surface area contributed by atoms with Crippen molar-refractivity contribution in [2.75, 3.05) is 18.9 Å². The van der Waals surface area contributed by atoms with Crippen molar-refractivity contribution in [1.29, 1.82) is 0 Å². The van der Waals surface area contributed by atoms with E-state index in [0.29, 0.717) is 5.82 Å². The molecule has 1 aliphatic carbocycles. The van der Waals surface area contributed by atoms with Gasteiger partial charge in [0.15, 0.2) is 11.5 Å². The van der Waals surface area contributed by atoms with Crippen LogP contribution < -0.4 is 15.4 Å². The molecule has 2 N–H and O–H groups in total. The zero-order valence-corrected chi connectivity index (χ0v) is 24.5. The van der Waals surface area contributed by atoms with Crippen molar-refractivity contribution in [1.82, 2.24) is 29.8 Å². The van der Waals surface area contributed by atoms with Crippen LogP contribution in [0.25, 0.3) is 5.65 Å². The molecule has 214 valence electrons. The number of rotatable bonds is 5. The summed E-state index contributed by atoms with van der Waals surface area (Å²) in [5, 5.41) is 15.1. The highest BCUT2D eigenvalue weighted by Crippen LogP contribution is 2.40. The second-order valence-electron chi connectivity index (χ2n) is 12.6. The first-order valence-electron chi connectivity index (χ1n) is 14.5. The van der Waals surface area contributed by atoms with E-state index < -0.39 is 0 Å². The number of ether oxygens (including phenoxy) is 1. The minimum atomic E-state index is -0.265. The Morgan fingerprint density at radius 3 is 2.63 bits per heavy atom. The number of hydrogen-bond acceptors (Lipinski definition) is 6. The number of anilines is 1. The lowest BCUT2D eigenvalue weighted by Crippen LogP contribution is -2.37. The first-order chi connectivity index (χ1) is 19.6. The Bertz CT molecular complexity index is 1580. The van der Waals surface area contributed by atoms with Crippen molar-refractivity contribution in [2.45, 2.75) is 76.5 Å². The normalized spacial score (nSPS) is 22.9. The van der Waals surface area contributed by atoms with Crippen LogP contribution in [-0.4, -0.2) is 44.1 Å². The van der Waals surface area contributed by atoms with E-state index in [1.165, 1.54) is 0 Å². The fourth-order valence-electron chi connectivity index (χ4n) is 6.15.